The molecule has 102 valence electrons. The van der Waals surface area contributed by atoms with E-state index in [-0.39, 0.29) is 11.0 Å². The van der Waals surface area contributed by atoms with E-state index in [1.165, 1.54) is 16.0 Å². The Balaban J connectivity index is 2.62. The van der Waals surface area contributed by atoms with Gasteiger partial charge in [-0.3, -0.25) is 4.79 Å². The molecular formula is C12H17N5OS. The Kier molecular flexibility index (Phi) is 3.40. The van der Waals surface area contributed by atoms with E-state index in [9.17, 15) is 4.79 Å². The van der Waals surface area contributed by atoms with Crippen molar-refractivity contribution in [1.82, 2.24) is 20.0 Å². The Morgan fingerprint density at radius 3 is 2.53 bits per heavy atom. The molecule has 0 aliphatic carbocycles. The van der Waals surface area contributed by atoms with Crippen LogP contribution in [0.2, 0.25) is 0 Å². The maximum Gasteiger partial charge on any atom is 0.276 e. The molecular weight excluding hydrogens is 262 g/mol. The Bertz CT molecular complexity index is 653. The lowest BCUT2D eigenvalue weighted by atomic mass is 9.91. The van der Waals surface area contributed by atoms with E-state index < -0.39 is 0 Å². The first kappa shape index (κ1) is 13.7. The number of aromatic nitrogens is 4. The second-order valence-electron chi connectivity index (χ2n) is 5.28. The molecule has 0 saturated carbocycles. The molecule has 7 heteroatoms. The van der Waals surface area contributed by atoms with Gasteiger partial charge in [-0.1, -0.05) is 32.1 Å². The fraction of sp³-hybridized carbons (Fsp3) is 0.500. The zero-order valence-corrected chi connectivity index (χ0v) is 12.5. The van der Waals surface area contributed by atoms with Crippen LogP contribution < -0.4 is 10.9 Å². The maximum atomic E-state index is 12.2. The largest absolute Gasteiger partial charge is 0.363 e. The number of hydrogen-bond donors (Lipinski definition) is 1. The van der Waals surface area contributed by atoms with Crippen molar-refractivity contribution in [2.24, 2.45) is 7.05 Å². The molecule has 0 unspecified atom stereocenters. The minimum absolute atomic E-state index is 0.128. The Hall–Kier alpha value is -1.76. The highest BCUT2D eigenvalue weighted by Crippen LogP contribution is 2.26. The standard InChI is InChI=1S/C12H17N5OS/c1-12(2,3)8-6-7(10(18)17(5)16-8)9-14-15-11(13-4)19-9/h6H,1-5H3,(H,13,15). The number of nitrogens with zero attached hydrogens (tertiary/aromatic N) is 4. The first-order chi connectivity index (χ1) is 8.82. The van der Waals surface area contributed by atoms with Crippen molar-refractivity contribution in [3.05, 3.63) is 22.1 Å². The van der Waals surface area contributed by atoms with Crippen molar-refractivity contribution in [2.45, 2.75) is 26.2 Å². The fourth-order valence-corrected chi connectivity index (χ4v) is 2.27. The van der Waals surface area contributed by atoms with Gasteiger partial charge in [-0.2, -0.15) is 5.10 Å². The van der Waals surface area contributed by atoms with Gasteiger partial charge in [0.15, 0.2) is 5.01 Å². The normalized spacial score (nSPS) is 11.6. The summed E-state index contributed by atoms with van der Waals surface area (Å²) < 4.78 is 1.36. The van der Waals surface area contributed by atoms with Crippen molar-refractivity contribution < 1.29 is 0 Å². The van der Waals surface area contributed by atoms with Gasteiger partial charge in [-0.25, -0.2) is 4.68 Å². The minimum atomic E-state index is -0.160. The SMILES string of the molecule is CNc1nnc(-c2cc(C(C)(C)C)nn(C)c2=O)s1. The second kappa shape index (κ2) is 4.73. The van der Waals surface area contributed by atoms with Crippen molar-refractivity contribution >= 4 is 16.5 Å². The van der Waals surface area contributed by atoms with Gasteiger partial charge in [0.1, 0.15) is 0 Å². The van der Waals surface area contributed by atoms with Crippen LogP contribution in [-0.2, 0) is 12.5 Å². The quantitative estimate of drug-likeness (QED) is 0.904. The predicted octanol–water partition coefficient (Wildman–Crippen LogP) is 1.64. The van der Waals surface area contributed by atoms with Crippen LogP contribution in [0, 0.1) is 0 Å². The number of anilines is 1. The third kappa shape index (κ3) is 2.65. The monoisotopic (exact) mass is 279 g/mol. The average Bonchev–Trinajstić information content (AvgIpc) is 2.79. The summed E-state index contributed by atoms with van der Waals surface area (Å²) in [5.41, 5.74) is 1.11. The molecule has 2 heterocycles. The van der Waals surface area contributed by atoms with Gasteiger partial charge in [0.25, 0.3) is 5.56 Å². The van der Waals surface area contributed by atoms with E-state index in [4.69, 9.17) is 0 Å². The zero-order chi connectivity index (χ0) is 14.2. The molecule has 0 radical (unpaired) electrons. The molecule has 19 heavy (non-hydrogen) atoms. The second-order valence-corrected chi connectivity index (χ2v) is 6.26. The van der Waals surface area contributed by atoms with Gasteiger partial charge in [0, 0.05) is 19.5 Å². The molecule has 0 aromatic carbocycles. The highest BCUT2D eigenvalue weighted by molar-refractivity contribution is 7.18. The van der Waals surface area contributed by atoms with E-state index in [1.807, 2.05) is 6.07 Å². The molecule has 0 atom stereocenters. The summed E-state index contributed by atoms with van der Waals surface area (Å²) in [6, 6.07) is 1.81. The van der Waals surface area contributed by atoms with Crippen molar-refractivity contribution in [3.63, 3.8) is 0 Å². The van der Waals surface area contributed by atoms with Gasteiger partial charge in [-0.05, 0) is 6.07 Å². The number of rotatable bonds is 2. The third-order valence-electron chi connectivity index (χ3n) is 2.70. The van der Waals surface area contributed by atoms with E-state index in [0.717, 1.165) is 5.69 Å². The van der Waals surface area contributed by atoms with Gasteiger partial charge < -0.3 is 5.32 Å². The van der Waals surface area contributed by atoms with Crippen LogP contribution >= 0.6 is 11.3 Å². The molecule has 6 nitrogen and oxygen atoms in total. The molecule has 0 bridgehead atoms. The number of nitrogens with one attached hydrogen (secondary N) is 1. The summed E-state index contributed by atoms with van der Waals surface area (Å²) in [7, 11) is 3.43. The molecule has 0 aliphatic heterocycles. The molecule has 1 N–H and O–H groups in total. The van der Waals surface area contributed by atoms with Crippen LogP contribution in [0.25, 0.3) is 10.6 Å². The highest BCUT2D eigenvalue weighted by atomic mass is 32.1. The van der Waals surface area contributed by atoms with Gasteiger partial charge >= 0.3 is 0 Å². The third-order valence-corrected chi connectivity index (χ3v) is 3.67. The lowest BCUT2D eigenvalue weighted by molar-refractivity contribution is 0.532. The van der Waals surface area contributed by atoms with Crippen LogP contribution in [0.1, 0.15) is 26.5 Å². The summed E-state index contributed by atoms with van der Waals surface area (Å²) in [6.45, 7) is 6.17. The summed E-state index contributed by atoms with van der Waals surface area (Å²) in [4.78, 5) is 12.2. The van der Waals surface area contributed by atoms with Gasteiger partial charge in [0.2, 0.25) is 5.13 Å². The van der Waals surface area contributed by atoms with E-state index in [0.29, 0.717) is 15.7 Å². The highest BCUT2D eigenvalue weighted by Gasteiger charge is 2.20. The predicted molar refractivity (Wildman–Crippen MR) is 76.6 cm³/mol. The van der Waals surface area contributed by atoms with Gasteiger partial charge in [-0.15, -0.1) is 10.2 Å². The van der Waals surface area contributed by atoms with Crippen LogP contribution in [-0.4, -0.2) is 27.0 Å². The molecule has 0 fully saturated rings. The first-order valence-corrected chi connectivity index (χ1v) is 6.75. The smallest absolute Gasteiger partial charge is 0.276 e. The topological polar surface area (TPSA) is 72.7 Å². The molecule has 2 rings (SSSR count). The number of hydrogen-bond acceptors (Lipinski definition) is 6. The van der Waals surface area contributed by atoms with Crippen LogP contribution in [0.3, 0.4) is 0 Å². The Labute approximate surface area is 115 Å². The molecule has 0 aliphatic rings. The Morgan fingerprint density at radius 2 is 2.00 bits per heavy atom. The van der Waals surface area contributed by atoms with Crippen LogP contribution in [0.5, 0.6) is 0 Å². The molecule has 0 saturated heterocycles. The lowest BCUT2D eigenvalue weighted by Gasteiger charge is -2.18. The average molecular weight is 279 g/mol. The lowest BCUT2D eigenvalue weighted by Crippen LogP contribution is -2.26. The Morgan fingerprint density at radius 1 is 1.32 bits per heavy atom. The number of aryl methyl sites for hydroxylation is 1. The van der Waals surface area contributed by atoms with E-state index in [1.54, 1.807) is 14.1 Å². The van der Waals surface area contributed by atoms with Crippen molar-refractivity contribution in [1.29, 1.82) is 0 Å². The van der Waals surface area contributed by atoms with Crippen LogP contribution in [0.15, 0.2) is 10.9 Å². The molecule has 0 spiro atoms. The van der Waals surface area contributed by atoms with Gasteiger partial charge in [0.05, 0.1) is 11.3 Å². The minimum Gasteiger partial charge on any atom is -0.363 e. The van der Waals surface area contributed by atoms with Crippen LogP contribution in [0.4, 0.5) is 5.13 Å². The summed E-state index contributed by atoms with van der Waals surface area (Å²) >= 11 is 1.35. The van der Waals surface area contributed by atoms with Crippen molar-refractivity contribution in [3.8, 4) is 10.6 Å². The fourth-order valence-electron chi connectivity index (χ4n) is 1.56. The van der Waals surface area contributed by atoms with E-state index >= 15 is 0 Å². The molecule has 0 amide bonds. The maximum absolute atomic E-state index is 12.2. The zero-order valence-electron chi connectivity index (χ0n) is 11.7. The molecule has 2 aromatic heterocycles. The summed E-state index contributed by atoms with van der Waals surface area (Å²) in [5, 5.41) is 16.5. The van der Waals surface area contributed by atoms with Crippen molar-refractivity contribution in [2.75, 3.05) is 12.4 Å². The van der Waals surface area contributed by atoms with E-state index in [2.05, 4.69) is 41.4 Å². The molecule has 2 aromatic rings. The first-order valence-electron chi connectivity index (χ1n) is 5.93. The summed E-state index contributed by atoms with van der Waals surface area (Å²) in [5.74, 6) is 0. The summed E-state index contributed by atoms with van der Waals surface area (Å²) in [6.07, 6.45) is 0.